The van der Waals surface area contributed by atoms with Crippen molar-refractivity contribution in [3.63, 3.8) is 0 Å². The van der Waals surface area contributed by atoms with Crippen molar-refractivity contribution in [3.05, 3.63) is 76.6 Å². The highest BCUT2D eigenvalue weighted by Crippen LogP contribution is 2.42. The van der Waals surface area contributed by atoms with E-state index in [4.69, 9.17) is 14.5 Å². The number of hydrogen-bond donors (Lipinski definition) is 0. The minimum Gasteiger partial charge on any atom is -0.497 e. The summed E-state index contributed by atoms with van der Waals surface area (Å²) in [6, 6.07) is 13.1. The molecule has 2 aromatic carbocycles. The van der Waals surface area contributed by atoms with Crippen LogP contribution in [0.5, 0.6) is 11.5 Å². The Hall–Kier alpha value is -3.87. The third-order valence-electron chi connectivity index (χ3n) is 6.43. The first-order valence-corrected chi connectivity index (χ1v) is 11.0. The molecular formula is C26H25N3O4. The molecule has 0 N–H and O–H groups in total. The molecular weight excluding hydrogens is 418 g/mol. The second-order valence-corrected chi connectivity index (χ2v) is 8.22. The van der Waals surface area contributed by atoms with Gasteiger partial charge in [0.2, 0.25) is 5.91 Å². The maximum Gasteiger partial charge on any atom is 0.228 e. The number of carbonyl (C=O) groups excluding carboxylic acids is 2. The molecule has 1 fully saturated rings. The van der Waals surface area contributed by atoms with Gasteiger partial charge in [0.25, 0.3) is 0 Å². The summed E-state index contributed by atoms with van der Waals surface area (Å²) in [5, 5.41) is 0. The van der Waals surface area contributed by atoms with Gasteiger partial charge in [0.15, 0.2) is 0 Å². The van der Waals surface area contributed by atoms with Gasteiger partial charge in [-0.3, -0.25) is 14.6 Å². The molecule has 1 saturated heterocycles. The van der Waals surface area contributed by atoms with Gasteiger partial charge in [-0.15, -0.1) is 0 Å². The Kier molecular flexibility index (Phi) is 5.46. The second-order valence-electron chi connectivity index (χ2n) is 8.22. The largest absolute Gasteiger partial charge is 0.497 e. The third kappa shape index (κ3) is 3.69. The molecule has 168 valence electrons. The fourth-order valence-corrected chi connectivity index (χ4v) is 4.76. The number of allylic oxidation sites excluding steroid dienone is 2. The quantitative estimate of drug-likeness (QED) is 0.631. The first kappa shape index (κ1) is 21.0. The highest BCUT2D eigenvalue weighted by atomic mass is 16.5. The summed E-state index contributed by atoms with van der Waals surface area (Å²) in [6.07, 6.45) is 6.50. The van der Waals surface area contributed by atoms with Crippen LogP contribution in [0, 0.1) is 0 Å². The van der Waals surface area contributed by atoms with E-state index in [0.717, 1.165) is 47.3 Å². The Morgan fingerprint density at radius 1 is 1.12 bits per heavy atom. The van der Waals surface area contributed by atoms with Crippen LogP contribution in [0.3, 0.4) is 0 Å². The SMILES string of the molecule is COc1ccc(CN2C(=O)CC=C3C=NC(c4ccc(C=O)cc4)=C4CCC2N34)c(OC)c1. The van der Waals surface area contributed by atoms with Gasteiger partial charge in [0.1, 0.15) is 24.0 Å². The number of carbonyl (C=O) groups is 2. The summed E-state index contributed by atoms with van der Waals surface area (Å²) < 4.78 is 10.9. The zero-order valence-corrected chi connectivity index (χ0v) is 18.7. The standard InChI is InChI=1S/C26H25N3O4/c1-32-21-9-7-19(23(13-21)33-2)15-28-24-11-10-22-26(18-5-3-17(16-30)4-6-18)27-14-20(29(22)24)8-12-25(28)31/h3-9,13-14,16,24H,10-12,15H2,1-2H3. The van der Waals surface area contributed by atoms with Gasteiger partial charge in [-0.05, 0) is 31.1 Å². The van der Waals surface area contributed by atoms with E-state index in [-0.39, 0.29) is 12.1 Å². The fraction of sp³-hybridized carbons (Fsp3) is 0.269. The van der Waals surface area contributed by atoms with Crippen molar-refractivity contribution in [2.75, 3.05) is 14.2 Å². The van der Waals surface area contributed by atoms with Crippen molar-refractivity contribution in [2.24, 2.45) is 4.99 Å². The number of ether oxygens (including phenoxy) is 2. The third-order valence-corrected chi connectivity index (χ3v) is 6.43. The fourth-order valence-electron chi connectivity index (χ4n) is 4.76. The van der Waals surface area contributed by atoms with Gasteiger partial charge in [0, 0.05) is 34.9 Å². The Morgan fingerprint density at radius 2 is 1.94 bits per heavy atom. The molecule has 0 saturated carbocycles. The summed E-state index contributed by atoms with van der Waals surface area (Å²) in [4.78, 5) is 33.1. The molecule has 3 heterocycles. The van der Waals surface area contributed by atoms with Crippen LogP contribution < -0.4 is 9.47 Å². The molecule has 1 amide bonds. The van der Waals surface area contributed by atoms with Crippen LogP contribution in [0.2, 0.25) is 0 Å². The molecule has 7 nitrogen and oxygen atoms in total. The van der Waals surface area contributed by atoms with Gasteiger partial charge < -0.3 is 19.3 Å². The molecule has 1 atom stereocenters. The number of methoxy groups -OCH3 is 2. The van der Waals surface area contributed by atoms with Crippen LogP contribution in [0.1, 0.15) is 40.7 Å². The van der Waals surface area contributed by atoms with Crippen molar-refractivity contribution >= 4 is 24.1 Å². The van der Waals surface area contributed by atoms with E-state index >= 15 is 0 Å². The molecule has 0 radical (unpaired) electrons. The average molecular weight is 444 g/mol. The number of aliphatic imine (C=N–C) groups is 1. The number of hydrogen-bond acceptors (Lipinski definition) is 6. The number of nitrogens with zero attached hydrogens (tertiary/aromatic N) is 3. The number of benzene rings is 2. The minimum absolute atomic E-state index is 0.0753. The first-order chi connectivity index (χ1) is 16.1. The lowest BCUT2D eigenvalue weighted by atomic mass is 10.1. The zero-order chi connectivity index (χ0) is 22.9. The summed E-state index contributed by atoms with van der Waals surface area (Å²) >= 11 is 0. The first-order valence-electron chi connectivity index (χ1n) is 11.0. The van der Waals surface area contributed by atoms with E-state index in [0.29, 0.717) is 30.0 Å². The predicted octanol–water partition coefficient (Wildman–Crippen LogP) is 4.01. The van der Waals surface area contributed by atoms with Crippen LogP contribution in [-0.4, -0.2) is 48.6 Å². The van der Waals surface area contributed by atoms with Crippen LogP contribution in [0.4, 0.5) is 0 Å². The van der Waals surface area contributed by atoms with Gasteiger partial charge in [-0.1, -0.05) is 24.3 Å². The van der Waals surface area contributed by atoms with Crippen molar-refractivity contribution < 1.29 is 19.1 Å². The maximum absolute atomic E-state index is 13.2. The number of aldehydes is 1. The van der Waals surface area contributed by atoms with E-state index in [2.05, 4.69) is 4.90 Å². The van der Waals surface area contributed by atoms with E-state index in [9.17, 15) is 9.59 Å². The lowest BCUT2D eigenvalue weighted by Gasteiger charge is -2.37. The van der Waals surface area contributed by atoms with Crippen LogP contribution in [-0.2, 0) is 11.3 Å². The lowest BCUT2D eigenvalue weighted by Crippen LogP contribution is -2.45. The normalized spacial score (nSPS) is 19.3. The van der Waals surface area contributed by atoms with Gasteiger partial charge in [-0.25, -0.2) is 0 Å². The van der Waals surface area contributed by atoms with Crippen molar-refractivity contribution in [1.82, 2.24) is 9.80 Å². The monoisotopic (exact) mass is 443 g/mol. The summed E-state index contributed by atoms with van der Waals surface area (Å²) in [5.74, 6) is 1.49. The van der Waals surface area contributed by atoms with Gasteiger partial charge >= 0.3 is 0 Å². The molecule has 0 aromatic heterocycles. The van der Waals surface area contributed by atoms with Gasteiger partial charge in [0.05, 0.1) is 38.4 Å². The van der Waals surface area contributed by atoms with Crippen molar-refractivity contribution in [3.8, 4) is 11.5 Å². The highest BCUT2D eigenvalue weighted by Gasteiger charge is 2.41. The van der Waals surface area contributed by atoms with E-state index < -0.39 is 0 Å². The molecule has 0 aliphatic carbocycles. The maximum atomic E-state index is 13.2. The van der Waals surface area contributed by atoms with E-state index in [1.54, 1.807) is 26.4 Å². The molecule has 3 aliphatic heterocycles. The van der Waals surface area contributed by atoms with Crippen LogP contribution in [0.15, 0.2) is 64.9 Å². The van der Waals surface area contributed by atoms with E-state index in [1.807, 2.05) is 47.5 Å². The van der Waals surface area contributed by atoms with Crippen molar-refractivity contribution in [1.29, 1.82) is 0 Å². The van der Waals surface area contributed by atoms with Crippen LogP contribution in [0.25, 0.3) is 5.70 Å². The summed E-state index contributed by atoms with van der Waals surface area (Å²) in [7, 11) is 3.25. The molecule has 7 heteroatoms. The molecule has 3 aliphatic rings. The second kappa shape index (κ2) is 8.58. The Morgan fingerprint density at radius 3 is 2.67 bits per heavy atom. The summed E-state index contributed by atoms with van der Waals surface area (Å²) in [6.45, 7) is 0.447. The molecule has 1 unspecified atom stereocenters. The van der Waals surface area contributed by atoms with E-state index in [1.165, 1.54) is 0 Å². The Bertz CT molecular complexity index is 1200. The van der Waals surface area contributed by atoms with Crippen molar-refractivity contribution in [2.45, 2.75) is 32.0 Å². The zero-order valence-electron chi connectivity index (χ0n) is 18.7. The highest BCUT2D eigenvalue weighted by molar-refractivity contribution is 5.91. The smallest absolute Gasteiger partial charge is 0.228 e. The topological polar surface area (TPSA) is 71.4 Å². The average Bonchev–Trinajstić information content (AvgIpc) is 3.25. The molecule has 0 bridgehead atoms. The predicted molar refractivity (Wildman–Crippen MR) is 125 cm³/mol. The number of amides is 1. The number of rotatable bonds is 6. The Labute approximate surface area is 192 Å². The van der Waals surface area contributed by atoms with Gasteiger partial charge in [-0.2, -0.15) is 0 Å². The molecule has 33 heavy (non-hydrogen) atoms. The molecule has 5 rings (SSSR count). The van der Waals surface area contributed by atoms with Crippen LogP contribution >= 0.6 is 0 Å². The Balaban J connectivity index is 1.50. The minimum atomic E-state index is -0.0935. The summed E-state index contributed by atoms with van der Waals surface area (Å²) in [5.41, 5.74) is 5.48. The molecule has 2 aromatic rings. The lowest BCUT2D eigenvalue weighted by molar-refractivity contribution is -0.135. The molecule has 0 spiro atoms.